The number of nitrogens with zero attached hydrogens (tertiary/aromatic N) is 4. The van der Waals surface area contributed by atoms with E-state index in [-0.39, 0.29) is 17.4 Å². The van der Waals surface area contributed by atoms with Crippen LogP contribution >= 0.6 is 0 Å². The van der Waals surface area contributed by atoms with Crippen molar-refractivity contribution >= 4 is 17.4 Å². The zero-order valence-electron chi connectivity index (χ0n) is 17.3. The van der Waals surface area contributed by atoms with Gasteiger partial charge < -0.3 is 5.32 Å². The minimum absolute atomic E-state index is 0.219. The summed E-state index contributed by atoms with van der Waals surface area (Å²) in [4.78, 5) is 20.3. The first-order valence-electron chi connectivity index (χ1n) is 9.23. The monoisotopic (exact) mass is 429 g/mol. The molecule has 31 heavy (non-hydrogen) atoms. The molecular formula is C22H22F3N5O. The Hall–Kier alpha value is -3.75. The molecule has 2 rings (SSSR count). The molecule has 0 radical (unpaired) electrons. The van der Waals surface area contributed by atoms with Gasteiger partial charge in [-0.15, -0.1) is 0 Å². The van der Waals surface area contributed by atoms with Crippen molar-refractivity contribution in [2.75, 3.05) is 0 Å². The summed E-state index contributed by atoms with van der Waals surface area (Å²) in [5.74, 6) is -0.107. The second-order valence-corrected chi connectivity index (χ2v) is 6.34. The molecular weight excluding hydrogens is 407 g/mol. The summed E-state index contributed by atoms with van der Waals surface area (Å²) in [5, 5.41) is 6.30. The molecule has 2 heterocycles. The van der Waals surface area contributed by atoms with Gasteiger partial charge in [-0.3, -0.25) is 9.78 Å². The van der Waals surface area contributed by atoms with Crippen LogP contribution in [0.3, 0.4) is 0 Å². The molecule has 1 N–H and O–H groups in total. The van der Waals surface area contributed by atoms with Crippen molar-refractivity contribution in [1.82, 2.24) is 20.1 Å². The third kappa shape index (κ3) is 6.36. The van der Waals surface area contributed by atoms with Crippen molar-refractivity contribution in [3.63, 3.8) is 0 Å². The topological polar surface area (TPSA) is 72.2 Å². The lowest BCUT2D eigenvalue weighted by atomic mass is 10.2. The third-order valence-corrected chi connectivity index (χ3v) is 4.02. The van der Waals surface area contributed by atoms with E-state index in [0.717, 1.165) is 10.7 Å². The van der Waals surface area contributed by atoms with E-state index in [1.54, 1.807) is 57.2 Å². The maximum atomic E-state index is 13.2. The van der Waals surface area contributed by atoms with Gasteiger partial charge in [0.1, 0.15) is 5.84 Å². The summed E-state index contributed by atoms with van der Waals surface area (Å²) in [6.07, 6.45) is 6.10. The molecule has 0 aromatic carbocycles. The summed E-state index contributed by atoms with van der Waals surface area (Å²) in [6.45, 7) is 8.40. The number of aliphatic imine (C=N–C) groups is 1. The Morgan fingerprint density at radius 2 is 2.06 bits per heavy atom. The molecule has 0 bridgehead atoms. The van der Waals surface area contributed by atoms with Gasteiger partial charge in [-0.2, -0.15) is 18.3 Å². The van der Waals surface area contributed by atoms with Gasteiger partial charge in [0.05, 0.1) is 17.6 Å². The lowest BCUT2D eigenvalue weighted by molar-refractivity contribution is -0.141. The first-order chi connectivity index (χ1) is 14.7. The number of aromatic nitrogens is 3. The predicted molar refractivity (Wildman–Crippen MR) is 115 cm³/mol. The number of amidine groups is 1. The average molecular weight is 429 g/mol. The molecule has 0 unspecified atom stereocenters. The second kappa shape index (κ2) is 10.3. The van der Waals surface area contributed by atoms with E-state index in [2.05, 4.69) is 27.0 Å². The fourth-order valence-electron chi connectivity index (χ4n) is 2.50. The number of pyridine rings is 1. The Morgan fingerprint density at radius 1 is 1.32 bits per heavy atom. The number of nitrogens with one attached hydrogen (secondary N) is 1. The van der Waals surface area contributed by atoms with E-state index in [1.807, 2.05) is 0 Å². The summed E-state index contributed by atoms with van der Waals surface area (Å²) >= 11 is 0. The Bertz CT molecular complexity index is 1060. The van der Waals surface area contributed by atoms with Gasteiger partial charge in [0.15, 0.2) is 5.69 Å². The number of hydrogen-bond donors (Lipinski definition) is 1. The highest BCUT2D eigenvalue weighted by Crippen LogP contribution is 2.32. The maximum absolute atomic E-state index is 13.2. The molecule has 0 saturated heterocycles. The summed E-state index contributed by atoms with van der Waals surface area (Å²) in [6, 6.07) is 4.21. The molecule has 6 nitrogen and oxygen atoms in total. The number of carbonyl (C=O) groups is 1. The van der Waals surface area contributed by atoms with Crippen molar-refractivity contribution in [3.05, 3.63) is 78.9 Å². The maximum Gasteiger partial charge on any atom is 0.435 e. The van der Waals surface area contributed by atoms with Gasteiger partial charge in [0.2, 0.25) is 0 Å². The average Bonchev–Trinajstić information content (AvgIpc) is 3.19. The number of allylic oxidation sites excluding steroid dienone is 4. The highest BCUT2D eigenvalue weighted by molar-refractivity contribution is 6.06. The number of carbonyl (C=O) groups excluding carboxylic acids is 1. The lowest BCUT2D eigenvalue weighted by Crippen LogP contribution is -2.29. The van der Waals surface area contributed by atoms with E-state index in [4.69, 9.17) is 0 Å². The van der Waals surface area contributed by atoms with Crippen LogP contribution in [0.4, 0.5) is 13.2 Å². The number of amides is 1. The van der Waals surface area contributed by atoms with Gasteiger partial charge in [-0.25, -0.2) is 9.67 Å². The summed E-state index contributed by atoms with van der Waals surface area (Å²) in [7, 11) is 0. The van der Waals surface area contributed by atoms with E-state index in [0.29, 0.717) is 16.8 Å². The first kappa shape index (κ1) is 23.5. The standard InChI is InChI=1S/C22H22F3N5O/c1-5-7-9-17(6-2)21(31)28-16(4)27-13-15(3)30-19(18-10-8-11-26-14-18)12-20(29-30)22(23,24)25/h5-14H,1H2,2-4H3,(H,27,28,31)/b9-7-,15-13+,17-6+. The zero-order valence-corrected chi connectivity index (χ0v) is 17.3. The smallest absolute Gasteiger partial charge is 0.310 e. The quantitative estimate of drug-likeness (QED) is 0.304. The minimum Gasteiger partial charge on any atom is -0.310 e. The van der Waals surface area contributed by atoms with Crippen LogP contribution in [0.1, 0.15) is 26.5 Å². The summed E-state index contributed by atoms with van der Waals surface area (Å²) in [5.41, 5.74) is 0.396. The second-order valence-electron chi connectivity index (χ2n) is 6.34. The largest absolute Gasteiger partial charge is 0.435 e. The SMILES string of the molecule is C=C/C=C\C(=C/C)C(=O)NC(C)=N/C=C(\C)n1nc(C(F)(F)F)cc1-c1cccnc1. The normalized spacial score (nSPS) is 13.5. The molecule has 0 aliphatic carbocycles. The predicted octanol–water partition coefficient (Wildman–Crippen LogP) is 5.01. The van der Waals surface area contributed by atoms with Gasteiger partial charge in [0.25, 0.3) is 5.91 Å². The fraction of sp³-hybridized carbons (Fsp3) is 0.182. The Balaban J connectivity index is 2.34. The lowest BCUT2D eigenvalue weighted by Gasteiger charge is -2.08. The molecule has 0 atom stereocenters. The van der Waals surface area contributed by atoms with Crippen LogP contribution in [0.25, 0.3) is 17.0 Å². The van der Waals surface area contributed by atoms with E-state index >= 15 is 0 Å². The molecule has 0 saturated carbocycles. The van der Waals surface area contributed by atoms with Crippen molar-refractivity contribution in [1.29, 1.82) is 0 Å². The highest BCUT2D eigenvalue weighted by atomic mass is 19.4. The van der Waals surface area contributed by atoms with Crippen molar-refractivity contribution in [2.45, 2.75) is 26.9 Å². The van der Waals surface area contributed by atoms with Crippen LogP contribution in [0.15, 0.2) is 78.2 Å². The van der Waals surface area contributed by atoms with Crippen LogP contribution in [-0.4, -0.2) is 26.5 Å². The Kier molecular flexibility index (Phi) is 7.84. The number of rotatable bonds is 6. The number of halogens is 3. The molecule has 9 heteroatoms. The van der Waals surface area contributed by atoms with E-state index in [9.17, 15) is 18.0 Å². The third-order valence-electron chi connectivity index (χ3n) is 4.02. The molecule has 2 aromatic heterocycles. The van der Waals surface area contributed by atoms with Gasteiger partial charge in [0, 0.05) is 23.5 Å². The number of hydrogen-bond acceptors (Lipinski definition) is 4. The zero-order chi connectivity index (χ0) is 23.0. The molecule has 1 amide bonds. The fourth-order valence-corrected chi connectivity index (χ4v) is 2.50. The van der Waals surface area contributed by atoms with E-state index < -0.39 is 11.9 Å². The van der Waals surface area contributed by atoms with E-state index in [1.165, 1.54) is 18.6 Å². The molecule has 0 fully saturated rings. The number of alkyl halides is 3. The van der Waals surface area contributed by atoms with Gasteiger partial charge >= 0.3 is 6.18 Å². The van der Waals surface area contributed by atoms with Gasteiger partial charge in [-0.1, -0.05) is 24.8 Å². The van der Waals surface area contributed by atoms with Crippen molar-refractivity contribution in [3.8, 4) is 11.3 Å². The Morgan fingerprint density at radius 3 is 2.65 bits per heavy atom. The minimum atomic E-state index is -4.60. The van der Waals surface area contributed by atoms with Crippen molar-refractivity contribution in [2.24, 2.45) is 4.99 Å². The summed E-state index contributed by atoms with van der Waals surface area (Å²) < 4.78 is 40.8. The molecule has 0 spiro atoms. The van der Waals surface area contributed by atoms with Crippen LogP contribution in [0, 0.1) is 0 Å². The highest BCUT2D eigenvalue weighted by Gasteiger charge is 2.35. The van der Waals surface area contributed by atoms with Crippen LogP contribution in [0.2, 0.25) is 0 Å². The van der Waals surface area contributed by atoms with Crippen LogP contribution in [-0.2, 0) is 11.0 Å². The van der Waals surface area contributed by atoms with Crippen molar-refractivity contribution < 1.29 is 18.0 Å². The molecule has 162 valence electrons. The first-order valence-corrected chi connectivity index (χ1v) is 9.23. The molecule has 0 aliphatic heterocycles. The molecule has 0 aliphatic rings. The van der Waals surface area contributed by atoms with Crippen LogP contribution < -0.4 is 5.32 Å². The molecule has 2 aromatic rings. The van der Waals surface area contributed by atoms with Gasteiger partial charge in [-0.05, 0) is 45.0 Å². The van der Waals surface area contributed by atoms with Crippen LogP contribution in [0.5, 0.6) is 0 Å². The Labute approximate surface area is 178 Å².